The van der Waals surface area contributed by atoms with Gasteiger partial charge in [-0.15, -0.1) is 11.8 Å². The molecule has 0 saturated heterocycles. The van der Waals surface area contributed by atoms with E-state index in [1.165, 1.54) is 11.8 Å². The molecule has 0 aliphatic rings. The van der Waals surface area contributed by atoms with Crippen LogP contribution in [0.1, 0.15) is 0 Å². The molecule has 0 aliphatic heterocycles. The Morgan fingerprint density at radius 1 is 1.35 bits per heavy atom. The Bertz CT molecular complexity index is 519. The number of benzene rings is 1. The summed E-state index contributed by atoms with van der Waals surface area (Å²) < 4.78 is 0. The van der Waals surface area contributed by atoms with Gasteiger partial charge in [0.2, 0.25) is 0 Å². The van der Waals surface area contributed by atoms with Gasteiger partial charge in [0, 0.05) is 22.2 Å². The summed E-state index contributed by atoms with van der Waals surface area (Å²) in [6.07, 6.45) is 1.000. The van der Waals surface area contributed by atoms with Crippen molar-refractivity contribution in [1.29, 1.82) is 0 Å². The van der Waals surface area contributed by atoms with Gasteiger partial charge in [0.25, 0.3) is 0 Å². The molecule has 2 aromatic rings. The number of aromatic nitrogens is 1. The molecule has 0 fully saturated rings. The standard InChI is InChI=1S/C12H14N2O2S/c13-10-3-4-11(17-7-8(16)6-15)9-2-1-5-14-12(9)10/h1-5,8,15-16H,6-7,13H2. The molecule has 1 aromatic carbocycles. The zero-order valence-corrected chi connectivity index (χ0v) is 10.0. The van der Waals surface area contributed by atoms with E-state index in [1.54, 1.807) is 6.20 Å². The summed E-state index contributed by atoms with van der Waals surface area (Å²) in [7, 11) is 0. The maximum atomic E-state index is 9.33. The average molecular weight is 250 g/mol. The number of nitrogen functional groups attached to an aromatic ring is 1. The number of nitrogens with zero attached hydrogens (tertiary/aromatic N) is 1. The molecule has 1 unspecified atom stereocenters. The van der Waals surface area contributed by atoms with Crippen molar-refractivity contribution in [2.75, 3.05) is 18.1 Å². The van der Waals surface area contributed by atoms with Crippen molar-refractivity contribution in [2.24, 2.45) is 0 Å². The highest BCUT2D eigenvalue weighted by Gasteiger charge is 2.08. The highest BCUT2D eigenvalue weighted by atomic mass is 32.2. The normalized spacial score (nSPS) is 12.8. The van der Waals surface area contributed by atoms with Gasteiger partial charge in [-0.05, 0) is 18.2 Å². The van der Waals surface area contributed by atoms with Crippen LogP contribution in [-0.2, 0) is 0 Å². The Morgan fingerprint density at radius 3 is 2.94 bits per heavy atom. The van der Waals surface area contributed by atoms with E-state index in [0.717, 1.165) is 15.8 Å². The van der Waals surface area contributed by atoms with Crippen LogP contribution in [0.3, 0.4) is 0 Å². The monoisotopic (exact) mass is 250 g/mol. The molecule has 17 heavy (non-hydrogen) atoms. The topological polar surface area (TPSA) is 79.4 Å². The van der Waals surface area contributed by atoms with Crippen LogP contribution in [0.5, 0.6) is 0 Å². The predicted octanol–water partition coefficient (Wildman–Crippen LogP) is 1.26. The lowest BCUT2D eigenvalue weighted by molar-refractivity contribution is 0.113. The molecule has 1 atom stereocenters. The van der Waals surface area contributed by atoms with Crippen molar-refractivity contribution in [1.82, 2.24) is 4.98 Å². The molecule has 90 valence electrons. The van der Waals surface area contributed by atoms with E-state index in [1.807, 2.05) is 24.3 Å². The number of fused-ring (bicyclic) bond motifs is 1. The van der Waals surface area contributed by atoms with E-state index in [4.69, 9.17) is 10.8 Å². The number of nitrogens with two attached hydrogens (primary N) is 1. The van der Waals surface area contributed by atoms with Crippen molar-refractivity contribution >= 4 is 28.4 Å². The van der Waals surface area contributed by atoms with Crippen LogP contribution in [-0.4, -0.2) is 33.7 Å². The first-order valence-electron chi connectivity index (χ1n) is 5.27. The Kier molecular flexibility index (Phi) is 3.83. The van der Waals surface area contributed by atoms with Crippen LogP contribution in [0.4, 0.5) is 5.69 Å². The van der Waals surface area contributed by atoms with Gasteiger partial charge in [-0.1, -0.05) is 6.07 Å². The van der Waals surface area contributed by atoms with Crippen molar-refractivity contribution in [3.05, 3.63) is 30.5 Å². The van der Waals surface area contributed by atoms with Gasteiger partial charge in [0.1, 0.15) is 0 Å². The van der Waals surface area contributed by atoms with Crippen LogP contribution < -0.4 is 5.73 Å². The molecule has 5 heteroatoms. The first-order valence-corrected chi connectivity index (χ1v) is 6.26. The Labute approximate surface area is 103 Å². The van der Waals surface area contributed by atoms with E-state index in [0.29, 0.717) is 11.4 Å². The van der Waals surface area contributed by atoms with E-state index < -0.39 is 6.10 Å². The van der Waals surface area contributed by atoms with E-state index in [9.17, 15) is 5.11 Å². The van der Waals surface area contributed by atoms with Crippen LogP contribution in [0, 0.1) is 0 Å². The van der Waals surface area contributed by atoms with Crippen molar-refractivity contribution in [2.45, 2.75) is 11.0 Å². The van der Waals surface area contributed by atoms with Gasteiger partial charge in [-0.3, -0.25) is 4.98 Å². The summed E-state index contributed by atoms with van der Waals surface area (Å²) in [5.74, 6) is 0.449. The Morgan fingerprint density at radius 2 is 2.18 bits per heavy atom. The van der Waals surface area contributed by atoms with Gasteiger partial charge in [-0.2, -0.15) is 0 Å². The molecular weight excluding hydrogens is 236 g/mol. The largest absolute Gasteiger partial charge is 0.397 e. The Balaban J connectivity index is 2.32. The lowest BCUT2D eigenvalue weighted by Gasteiger charge is -2.09. The fourth-order valence-corrected chi connectivity index (χ4v) is 2.49. The summed E-state index contributed by atoms with van der Waals surface area (Å²) >= 11 is 1.49. The maximum Gasteiger partial charge on any atom is 0.0942 e. The third kappa shape index (κ3) is 2.69. The highest BCUT2D eigenvalue weighted by molar-refractivity contribution is 7.99. The van der Waals surface area contributed by atoms with Gasteiger partial charge in [0.05, 0.1) is 23.9 Å². The molecule has 0 amide bonds. The SMILES string of the molecule is Nc1ccc(SCC(O)CO)c2cccnc12. The van der Waals surface area contributed by atoms with Crippen LogP contribution in [0.15, 0.2) is 35.4 Å². The first kappa shape index (κ1) is 12.2. The van der Waals surface area contributed by atoms with E-state index in [-0.39, 0.29) is 6.61 Å². The summed E-state index contributed by atoms with van der Waals surface area (Å²) in [4.78, 5) is 5.25. The van der Waals surface area contributed by atoms with Crippen molar-refractivity contribution in [3.8, 4) is 0 Å². The number of hydrogen-bond acceptors (Lipinski definition) is 5. The molecule has 1 heterocycles. The molecule has 0 bridgehead atoms. The zero-order chi connectivity index (χ0) is 12.3. The van der Waals surface area contributed by atoms with Crippen LogP contribution in [0.25, 0.3) is 10.9 Å². The van der Waals surface area contributed by atoms with Crippen LogP contribution >= 0.6 is 11.8 Å². The lowest BCUT2D eigenvalue weighted by atomic mass is 10.2. The summed E-state index contributed by atoms with van der Waals surface area (Å²) in [5.41, 5.74) is 7.27. The van der Waals surface area contributed by atoms with Crippen molar-refractivity contribution < 1.29 is 10.2 Å². The van der Waals surface area contributed by atoms with Gasteiger partial charge in [0.15, 0.2) is 0 Å². The van der Waals surface area contributed by atoms with Crippen molar-refractivity contribution in [3.63, 3.8) is 0 Å². The average Bonchev–Trinajstić information content (AvgIpc) is 2.38. The second-order valence-corrected chi connectivity index (χ2v) is 4.76. The number of aliphatic hydroxyl groups is 2. The minimum Gasteiger partial charge on any atom is -0.397 e. The van der Waals surface area contributed by atoms with E-state index in [2.05, 4.69) is 4.98 Å². The summed E-state index contributed by atoms with van der Waals surface area (Å²) in [6.45, 7) is -0.224. The van der Waals surface area contributed by atoms with Crippen LogP contribution in [0.2, 0.25) is 0 Å². The lowest BCUT2D eigenvalue weighted by Crippen LogP contribution is -2.14. The third-order valence-electron chi connectivity index (χ3n) is 2.40. The zero-order valence-electron chi connectivity index (χ0n) is 9.21. The molecule has 0 radical (unpaired) electrons. The Hall–Kier alpha value is -1.30. The quantitative estimate of drug-likeness (QED) is 0.562. The minimum atomic E-state index is -0.704. The molecule has 0 saturated carbocycles. The fraction of sp³-hybridized carbons (Fsp3) is 0.250. The maximum absolute atomic E-state index is 9.33. The minimum absolute atomic E-state index is 0.224. The number of rotatable bonds is 4. The highest BCUT2D eigenvalue weighted by Crippen LogP contribution is 2.30. The molecule has 0 aliphatic carbocycles. The molecule has 1 aromatic heterocycles. The number of anilines is 1. The molecule has 4 nitrogen and oxygen atoms in total. The third-order valence-corrected chi connectivity index (χ3v) is 3.62. The fourth-order valence-electron chi connectivity index (χ4n) is 1.53. The summed E-state index contributed by atoms with van der Waals surface area (Å²) in [5, 5.41) is 19.1. The van der Waals surface area contributed by atoms with E-state index >= 15 is 0 Å². The number of hydrogen-bond donors (Lipinski definition) is 3. The first-order chi connectivity index (χ1) is 8.22. The predicted molar refractivity (Wildman–Crippen MR) is 70.0 cm³/mol. The van der Waals surface area contributed by atoms with Gasteiger partial charge < -0.3 is 15.9 Å². The smallest absolute Gasteiger partial charge is 0.0942 e. The number of aliphatic hydroxyl groups excluding tert-OH is 2. The van der Waals surface area contributed by atoms with Gasteiger partial charge in [-0.25, -0.2) is 0 Å². The number of pyridine rings is 1. The number of thioether (sulfide) groups is 1. The molecule has 4 N–H and O–H groups in total. The second kappa shape index (κ2) is 5.35. The second-order valence-electron chi connectivity index (χ2n) is 3.70. The van der Waals surface area contributed by atoms with Gasteiger partial charge >= 0.3 is 0 Å². The molecule has 0 spiro atoms. The molecule has 2 rings (SSSR count). The summed E-state index contributed by atoms with van der Waals surface area (Å²) in [6, 6.07) is 7.53. The molecular formula is C12H14N2O2S.